The van der Waals surface area contributed by atoms with Crippen LogP contribution in [0.25, 0.3) is 16.8 Å². The Hall–Kier alpha value is -3.75. The molecule has 3 aromatic carbocycles. The Morgan fingerprint density at radius 2 is 1.57 bits per heavy atom. The lowest BCUT2D eigenvalue weighted by atomic mass is 10.1. The molecule has 0 aliphatic rings. The number of nitrogens with zero attached hydrogens (tertiary/aromatic N) is 3. The summed E-state index contributed by atoms with van der Waals surface area (Å²) in [5.74, 6) is 0.0724. The van der Waals surface area contributed by atoms with Gasteiger partial charge in [0.2, 0.25) is 15.9 Å². The molecule has 0 aliphatic carbocycles. The first-order chi connectivity index (χ1) is 17.7. The van der Waals surface area contributed by atoms with Crippen molar-refractivity contribution in [1.29, 1.82) is 0 Å². The molecule has 0 aliphatic heterocycles. The number of amides is 1. The maximum Gasteiger partial charge on any atom is 0.243 e. The van der Waals surface area contributed by atoms with Crippen LogP contribution in [0.3, 0.4) is 0 Å². The van der Waals surface area contributed by atoms with Gasteiger partial charge in [-0.2, -0.15) is 9.40 Å². The van der Waals surface area contributed by atoms with Crippen LogP contribution < -0.4 is 5.32 Å². The second kappa shape index (κ2) is 11.1. The van der Waals surface area contributed by atoms with Gasteiger partial charge in [-0.3, -0.25) is 4.79 Å². The Kier molecular flexibility index (Phi) is 7.90. The zero-order chi connectivity index (χ0) is 26.6. The van der Waals surface area contributed by atoms with Crippen molar-refractivity contribution < 1.29 is 13.2 Å². The van der Waals surface area contributed by atoms with Crippen LogP contribution in [0.1, 0.15) is 30.2 Å². The molecule has 1 aromatic heterocycles. The molecule has 1 heterocycles. The summed E-state index contributed by atoms with van der Waals surface area (Å²) in [6.07, 6.45) is 0.577. The van der Waals surface area contributed by atoms with Gasteiger partial charge < -0.3 is 5.32 Å². The van der Waals surface area contributed by atoms with E-state index >= 15 is 0 Å². The number of para-hydroxylation sites is 1. The van der Waals surface area contributed by atoms with E-state index in [4.69, 9.17) is 5.10 Å². The van der Waals surface area contributed by atoms with E-state index < -0.39 is 15.9 Å². The van der Waals surface area contributed by atoms with E-state index in [1.54, 1.807) is 28.9 Å². The highest BCUT2D eigenvalue weighted by Crippen LogP contribution is 2.34. The minimum atomic E-state index is -3.84. The third kappa shape index (κ3) is 5.65. The molecule has 0 atom stereocenters. The predicted octanol–water partition coefficient (Wildman–Crippen LogP) is 5.50. The second-order valence-corrected chi connectivity index (χ2v) is 11.0. The third-order valence-electron chi connectivity index (χ3n) is 6.18. The largest absolute Gasteiger partial charge is 0.309 e. The van der Waals surface area contributed by atoms with Crippen LogP contribution in [-0.2, 0) is 14.8 Å². The SMILES string of the molecule is CCCN(CC(=O)Nc1c(-c2ccccc2)c(C)nn1-c1ccccc1C)S(=O)(=O)c1ccc(C)cc1. The number of hydrogen-bond donors (Lipinski definition) is 1. The van der Waals surface area contributed by atoms with Gasteiger partial charge in [0.15, 0.2) is 0 Å². The fraction of sp³-hybridized carbons (Fsp3) is 0.241. The zero-order valence-corrected chi connectivity index (χ0v) is 22.4. The zero-order valence-electron chi connectivity index (χ0n) is 21.6. The van der Waals surface area contributed by atoms with Gasteiger partial charge in [0.25, 0.3) is 0 Å². The van der Waals surface area contributed by atoms with Crippen LogP contribution in [0.4, 0.5) is 5.82 Å². The molecular formula is C29H32N4O3S. The van der Waals surface area contributed by atoms with Gasteiger partial charge >= 0.3 is 0 Å². The molecule has 7 nitrogen and oxygen atoms in total. The van der Waals surface area contributed by atoms with E-state index in [1.165, 1.54) is 4.31 Å². The number of nitrogens with one attached hydrogen (secondary N) is 1. The van der Waals surface area contributed by atoms with Crippen molar-refractivity contribution in [3.05, 3.63) is 95.7 Å². The van der Waals surface area contributed by atoms with E-state index in [1.807, 2.05) is 82.3 Å². The lowest BCUT2D eigenvalue weighted by Crippen LogP contribution is -2.38. The fourth-order valence-electron chi connectivity index (χ4n) is 4.29. The average Bonchev–Trinajstić information content (AvgIpc) is 3.19. The maximum absolute atomic E-state index is 13.4. The Morgan fingerprint density at radius 1 is 0.919 bits per heavy atom. The predicted molar refractivity (Wildman–Crippen MR) is 147 cm³/mol. The summed E-state index contributed by atoms with van der Waals surface area (Å²) >= 11 is 0. The van der Waals surface area contributed by atoms with Gasteiger partial charge in [-0.15, -0.1) is 0 Å². The maximum atomic E-state index is 13.4. The molecule has 4 rings (SSSR count). The first-order valence-electron chi connectivity index (χ1n) is 12.3. The lowest BCUT2D eigenvalue weighted by Gasteiger charge is -2.22. The third-order valence-corrected chi connectivity index (χ3v) is 8.04. The molecule has 0 bridgehead atoms. The van der Waals surface area contributed by atoms with Crippen molar-refractivity contribution in [3.63, 3.8) is 0 Å². The molecule has 192 valence electrons. The minimum Gasteiger partial charge on any atom is -0.309 e. The highest BCUT2D eigenvalue weighted by atomic mass is 32.2. The van der Waals surface area contributed by atoms with E-state index in [0.29, 0.717) is 12.2 Å². The Labute approximate surface area is 218 Å². The summed E-state index contributed by atoms with van der Waals surface area (Å²) in [6, 6.07) is 24.2. The highest BCUT2D eigenvalue weighted by molar-refractivity contribution is 7.89. The first-order valence-corrected chi connectivity index (χ1v) is 13.7. The van der Waals surface area contributed by atoms with Gasteiger partial charge in [-0.1, -0.05) is 73.2 Å². The number of aromatic nitrogens is 2. The molecular weight excluding hydrogens is 484 g/mol. The van der Waals surface area contributed by atoms with Gasteiger partial charge in [-0.25, -0.2) is 13.1 Å². The van der Waals surface area contributed by atoms with Crippen LogP contribution in [0.15, 0.2) is 83.8 Å². The van der Waals surface area contributed by atoms with Crippen molar-refractivity contribution in [2.45, 2.75) is 39.0 Å². The van der Waals surface area contributed by atoms with E-state index in [-0.39, 0.29) is 18.0 Å². The van der Waals surface area contributed by atoms with E-state index in [0.717, 1.165) is 33.6 Å². The summed E-state index contributed by atoms with van der Waals surface area (Å²) < 4.78 is 29.7. The Morgan fingerprint density at radius 3 is 2.22 bits per heavy atom. The fourth-order valence-corrected chi connectivity index (χ4v) is 5.78. The van der Waals surface area contributed by atoms with Gasteiger partial charge in [0.1, 0.15) is 5.82 Å². The van der Waals surface area contributed by atoms with Crippen molar-refractivity contribution in [2.24, 2.45) is 0 Å². The summed E-state index contributed by atoms with van der Waals surface area (Å²) in [6.45, 7) is 7.59. The van der Waals surface area contributed by atoms with Gasteiger partial charge in [0, 0.05) is 12.1 Å². The standard InChI is InChI=1S/C29H32N4O3S/c1-5-19-32(37(35,36)25-17-15-21(2)16-18-25)20-27(34)30-29-28(24-12-7-6-8-13-24)23(4)31-33(29)26-14-10-9-11-22(26)3/h6-18H,5,19-20H2,1-4H3,(H,30,34). The topological polar surface area (TPSA) is 84.3 Å². The average molecular weight is 517 g/mol. The molecule has 0 unspecified atom stereocenters. The van der Waals surface area contributed by atoms with Crippen LogP contribution in [-0.4, -0.2) is 41.5 Å². The van der Waals surface area contributed by atoms with Crippen molar-refractivity contribution in [3.8, 4) is 16.8 Å². The number of benzene rings is 3. The Bertz CT molecular complexity index is 1490. The molecule has 0 radical (unpaired) electrons. The number of anilines is 1. The quantitative estimate of drug-likeness (QED) is 0.318. The minimum absolute atomic E-state index is 0.171. The van der Waals surface area contributed by atoms with Gasteiger partial charge in [-0.05, 0) is 56.5 Å². The number of hydrogen-bond acceptors (Lipinski definition) is 4. The highest BCUT2D eigenvalue weighted by Gasteiger charge is 2.28. The molecule has 0 saturated heterocycles. The number of carbonyl (C=O) groups excluding carboxylic acids is 1. The normalized spacial score (nSPS) is 11.6. The Balaban J connectivity index is 1.72. The van der Waals surface area contributed by atoms with Crippen LogP contribution >= 0.6 is 0 Å². The van der Waals surface area contributed by atoms with Crippen molar-refractivity contribution >= 4 is 21.7 Å². The molecule has 0 spiro atoms. The molecule has 4 aromatic rings. The molecule has 37 heavy (non-hydrogen) atoms. The summed E-state index contributed by atoms with van der Waals surface area (Å²) in [5, 5.41) is 7.76. The van der Waals surface area contributed by atoms with Crippen LogP contribution in [0.5, 0.6) is 0 Å². The second-order valence-electron chi connectivity index (χ2n) is 9.07. The summed E-state index contributed by atoms with van der Waals surface area (Å²) in [5.41, 5.74) is 5.25. The number of aryl methyl sites for hydroxylation is 3. The number of sulfonamides is 1. The van der Waals surface area contributed by atoms with Crippen LogP contribution in [0, 0.1) is 20.8 Å². The molecule has 0 saturated carbocycles. The number of carbonyl (C=O) groups is 1. The van der Waals surface area contributed by atoms with Crippen molar-refractivity contribution in [1.82, 2.24) is 14.1 Å². The smallest absolute Gasteiger partial charge is 0.243 e. The lowest BCUT2D eigenvalue weighted by molar-refractivity contribution is -0.116. The first kappa shape index (κ1) is 26.3. The molecule has 1 N–H and O–H groups in total. The van der Waals surface area contributed by atoms with Crippen LogP contribution in [0.2, 0.25) is 0 Å². The van der Waals surface area contributed by atoms with Crippen molar-refractivity contribution in [2.75, 3.05) is 18.4 Å². The monoisotopic (exact) mass is 516 g/mol. The summed E-state index contributed by atoms with van der Waals surface area (Å²) in [4.78, 5) is 13.6. The van der Waals surface area contributed by atoms with Gasteiger partial charge in [0.05, 0.1) is 22.8 Å². The molecule has 8 heteroatoms. The van der Waals surface area contributed by atoms with E-state index in [2.05, 4.69) is 5.32 Å². The van der Waals surface area contributed by atoms with E-state index in [9.17, 15) is 13.2 Å². The number of rotatable bonds is 9. The summed E-state index contributed by atoms with van der Waals surface area (Å²) in [7, 11) is -3.84. The molecule has 0 fully saturated rings. The molecule has 1 amide bonds.